The van der Waals surface area contributed by atoms with Crippen molar-refractivity contribution in [3.63, 3.8) is 0 Å². The summed E-state index contributed by atoms with van der Waals surface area (Å²) in [4.78, 5) is 13.6. The summed E-state index contributed by atoms with van der Waals surface area (Å²) in [7, 11) is 1.61. The zero-order chi connectivity index (χ0) is 22.8. The summed E-state index contributed by atoms with van der Waals surface area (Å²) >= 11 is 0. The predicted octanol–water partition coefficient (Wildman–Crippen LogP) is 3.99. The molecule has 32 heavy (non-hydrogen) atoms. The Kier molecular flexibility index (Phi) is 6.46. The van der Waals surface area contributed by atoms with Gasteiger partial charge in [0.05, 0.1) is 25.0 Å². The molecule has 6 nitrogen and oxygen atoms in total. The van der Waals surface area contributed by atoms with Gasteiger partial charge in [-0.05, 0) is 53.3 Å². The summed E-state index contributed by atoms with van der Waals surface area (Å²) in [6.45, 7) is 4.21. The molecule has 2 N–H and O–H groups in total. The van der Waals surface area contributed by atoms with Crippen LogP contribution in [0.3, 0.4) is 0 Å². The van der Waals surface area contributed by atoms with Crippen molar-refractivity contribution in [2.24, 2.45) is 0 Å². The van der Waals surface area contributed by atoms with Gasteiger partial charge in [0.1, 0.15) is 5.75 Å². The number of pyridine rings is 1. The highest BCUT2D eigenvalue weighted by atomic mass is 16.6. The lowest BCUT2D eigenvalue weighted by Gasteiger charge is -2.28. The van der Waals surface area contributed by atoms with Gasteiger partial charge in [-0.25, -0.2) is 0 Å². The van der Waals surface area contributed by atoms with Crippen LogP contribution < -0.4 is 10.3 Å². The molecule has 0 amide bonds. The second-order valence-electron chi connectivity index (χ2n) is 8.45. The van der Waals surface area contributed by atoms with Crippen molar-refractivity contribution in [1.29, 1.82) is 0 Å². The van der Waals surface area contributed by atoms with Crippen molar-refractivity contribution >= 4 is 16.8 Å². The fourth-order valence-corrected chi connectivity index (χ4v) is 4.38. The Balaban J connectivity index is 1.94. The van der Waals surface area contributed by atoms with Crippen LogP contribution in [0.2, 0.25) is 0 Å². The van der Waals surface area contributed by atoms with Crippen molar-refractivity contribution in [3.05, 3.63) is 76.2 Å². The molecule has 0 saturated carbocycles. The highest BCUT2D eigenvalue weighted by Crippen LogP contribution is 2.31. The Morgan fingerprint density at radius 2 is 1.75 bits per heavy atom. The highest BCUT2D eigenvalue weighted by molar-refractivity contribution is 5.88. The van der Waals surface area contributed by atoms with Crippen LogP contribution in [0.1, 0.15) is 43.9 Å². The van der Waals surface area contributed by atoms with Crippen molar-refractivity contribution in [1.82, 2.24) is 4.57 Å². The fourth-order valence-electron chi connectivity index (χ4n) is 4.38. The molecule has 0 aliphatic carbocycles. The van der Waals surface area contributed by atoms with E-state index in [-0.39, 0.29) is 17.9 Å². The Hall–Kier alpha value is -2.93. The van der Waals surface area contributed by atoms with Crippen LogP contribution in [0.4, 0.5) is 0 Å². The maximum Gasteiger partial charge on any atom is 0.263 e. The van der Waals surface area contributed by atoms with Gasteiger partial charge in [-0.15, -0.1) is 0 Å². The molecule has 0 bridgehead atoms. The van der Waals surface area contributed by atoms with Gasteiger partial charge in [0.2, 0.25) is 0 Å². The Labute approximate surface area is 187 Å². The Bertz CT molecular complexity index is 1170. The lowest BCUT2D eigenvalue weighted by Crippen LogP contribution is -2.34. The Morgan fingerprint density at radius 1 is 1.06 bits per heavy atom. The molecule has 168 valence electrons. The van der Waals surface area contributed by atoms with Crippen molar-refractivity contribution in [2.45, 2.75) is 51.1 Å². The quantitative estimate of drug-likeness (QED) is 0.633. The molecule has 1 fully saturated rings. The summed E-state index contributed by atoms with van der Waals surface area (Å²) in [5.41, 5.74) is 2.42. The summed E-state index contributed by atoms with van der Waals surface area (Å²) < 4.78 is 12.6. The molecule has 1 unspecified atom stereocenters. The number of aromatic nitrogens is 1. The minimum Gasteiger partial charge on any atom is -0.497 e. The van der Waals surface area contributed by atoms with E-state index in [1.807, 2.05) is 60.7 Å². The van der Waals surface area contributed by atoms with E-state index in [4.69, 9.17) is 9.47 Å². The molecule has 0 spiro atoms. The molecule has 1 aliphatic rings. The molecule has 3 aromatic rings. The first-order valence-electron chi connectivity index (χ1n) is 10.9. The van der Waals surface area contributed by atoms with Gasteiger partial charge in [0, 0.05) is 23.9 Å². The number of hydrogen-bond acceptors (Lipinski definition) is 5. The van der Waals surface area contributed by atoms with Gasteiger partial charge in [0.25, 0.3) is 5.56 Å². The number of nitrogens with zero attached hydrogens (tertiary/aromatic N) is 1. The topological polar surface area (TPSA) is 80.9 Å². The molecule has 2 heterocycles. The molecular formula is C26H29NO5. The highest BCUT2D eigenvalue weighted by Gasteiger charge is 2.26. The van der Waals surface area contributed by atoms with E-state index in [1.54, 1.807) is 11.7 Å². The van der Waals surface area contributed by atoms with Gasteiger partial charge in [-0.2, -0.15) is 0 Å². The number of rotatable bonds is 5. The monoisotopic (exact) mass is 435 g/mol. The standard InChI is InChI=1S/C26H29NO5/c1-16(2)25-21-6-4-5-7-22(21)26(30)27(17-8-10-19(31-3)11-9-17)23(25)13-12-20-14-18(28)15-24(29)32-20/h4-13,16,18,20,24,28-29H,14-15H2,1-3H3/t18-,20-,24?/m1/s1. The molecule has 1 saturated heterocycles. The van der Waals surface area contributed by atoms with E-state index in [0.717, 1.165) is 22.3 Å². The van der Waals surface area contributed by atoms with Crippen molar-refractivity contribution < 1.29 is 19.7 Å². The van der Waals surface area contributed by atoms with Crippen LogP contribution in [0.5, 0.6) is 5.75 Å². The van der Waals surface area contributed by atoms with Crippen LogP contribution in [0.25, 0.3) is 22.5 Å². The minimum atomic E-state index is -1.00. The van der Waals surface area contributed by atoms with E-state index in [0.29, 0.717) is 17.6 Å². The van der Waals surface area contributed by atoms with Gasteiger partial charge >= 0.3 is 0 Å². The molecule has 0 radical (unpaired) electrons. The maximum absolute atomic E-state index is 13.6. The second kappa shape index (κ2) is 9.28. The largest absolute Gasteiger partial charge is 0.497 e. The lowest BCUT2D eigenvalue weighted by atomic mass is 9.93. The van der Waals surface area contributed by atoms with Gasteiger partial charge in [-0.3, -0.25) is 9.36 Å². The second-order valence-corrected chi connectivity index (χ2v) is 8.45. The molecular weight excluding hydrogens is 406 g/mol. The third-order valence-corrected chi connectivity index (χ3v) is 5.85. The van der Waals surface area contributed by atoms with E-state index in [1.165, 1.54) is 0 Å². The van der Waals surface area contributed by atoms with Crippen molar-refractivity contribution in [3.8, 4) is 11.4 Å². The van der Waals surface area contributed by atoms with E-state index >= 15 is 0 Å². The van der Waals surface area contributed by atoms with Crippen LogP contribution in [0, 0.1) is 0 Å². The van der Waals surface area contributed by atoms with E-state index in [2.05, 4.69) is 13.8 Å². The molecule has 3 atom stereocenters. The minimum absolute atomic E-state index is 0.112. The number of hydrogen-bond donors (Lipinski definition) is 2. The molecule has 4 rings (SSSR count). The van der Waals surface area contributed by atoms with Crippen LogP contribution >= 0.6 is 0 Å². The third kappa shape index (κ3) is 4.35. The zero-order valence-electron chi connectivity index (χ0n) is 18.6. The number of aliphatic hydroxyl groups excluding tert-OH is 2. The third-order valence-electron chi connectivity index (χ3n) is 5.85. The van der Waals surface area contributed by atoms with Crippen molar-refractivity contribution in [2.75, 3.05) is 7.11 Å². The average Bonchev–Trinajstić information content (AvgIpc) is 2.77. The smallest absolute Gasteiger partial charge is 0.263 e. The van der Waals surface area contributed by atoms with Crippen LogP contribution in [0.15, 0.2) is 59.4 Å². The first-order valence-corrected chi connectivity index (χ1v) is 10.9. The Morgan fingerprint density at radius 3 is 2.38 bits per heavy atom. The fraction of sp³-hybridized carbons (Fsp3) is 0.346. The number of methoxy groups -OCH3 is 1. The summed E-state index contributed by atoms with van der Waals surface area (Å²) in [5.74, 6) is 0.857. The van der Waals surface area contributed by atoms with Crippen LogP contribution in [-0.4, -0.2) is 40.4 Å². The average molecular weight is 436 g/mol. The zero-order valence-corrected chi connectivity index (χ0v) is 18.6. The molecule has 1 aromatic heterocycles. The van der Waals surface area contributed by atoms with E-state index in [9.17, 15) is 15.0 Å². The number of aliphatic hydroxyl groups is 2. The number of benzene rings is 2. The molecule has 1 aliphatic heterocycles. The van der Waals surface area contributed by atoms with Gasteiger partial charge < -0.3 is 19.7 Å². The first kappa shape index (κ1) is 22.3. The number of ether oxygens (including phenoxy) is 2. The van der Waals surface area contributed by atoms with Gasteiger partial charge in [-0.1, -0.05) is 38.1 Å². The predicted molar refractivity (Wildman–Crippen MR) is 125 cm³/mol. The lowest BCUT2D eigenvalue weighted by molar-refractivity contribution is -0.175. The normalized spacial score (nSPS) is 21.5. The molecule has 2 aromatic carbocycles. The summed E-state index contributed by atoms with van der Waals surface area (Å²) in [6.07, 6.45) is 2.22. The summed E-state index contributed by atoms with van der Waals surface area (Å²) in [5, 5.41) is 21.5. The first-order chi connectivity index (χ1) is 15.4. The SMILES string of the molecule is COc1ccc(-n2c(C=C[C@@H]3C[C@@H](O)CC(O)O3)c(C(C)C)c3ccccc3c2=O)cc1. The van der Waals surface area contributed by atoms with Gasteiger partial charge in [0.15, 0.2) is 6.29 Å². The molecule has 6 heteroatoms. The maximum atomic E-state index is 13.6. The van der Waals surface area contributed by atoms with Crippen LogP contribution in [-0.2, 0) is 4.74 Å². The van der Waals surface area contributed by atoms with E-state index < -0.39 is 18.5 Å². The number of fused-ring (bicyclic) bond motifs is 1. The summed E-state index contributed by atoms with van der Waals surface area (Å²) in [6, 6.07) is 15.0.